The summed E-state index contributed by atoms with van der Waals surface area (Å²) in [5.74, 6) is -1.16. The highest BCUT2D eigenvalue weighted by Crippen LogP contribution is 2.27. The molecule has 150 valence electrons. The lowest BCUT2D eigenvalue weighted by Crippen LogP contribution is -2.46. The summed E-state index contributed by atoms with van der Waals surface area (Å²) in [4.78, 5) is 43.3. The summed E-state index contributed by atoms with van der Waals surface area (Å²) in [6.45, 7) is 0.459. The number of carbonyl (C=O) groups is 3. The molecular weight excluding hydrogens is 392 g/mol. The molecule has 1 aromatic heterocycles. The number of benzene rings is 1. The van der Waals surface area contributed by atoms with Crippen molar-refractivity contribution in [2.75, 3.05) is 16.9 Å². The zero-order valence-electron chi connectivity index (χ0n) is 15.5. The lowest BCUT2D eigenvalue weighted by atomic mass is 10.1. The van der Waals surface area contributed by atoms with Gasteiger partial charge in [-0.1, -0.05) is 18.2 Å². The van der Waals surface area contributed by atoms with E-state index in [0.29, 0.717) is 23.8 Å². The summed E-state index contributed by atoms with van der Waals surface area (Å²) in [5.41, 5.74) is 6.45. The third kappa shape index (κ3) is 3.83. The normalized spacial score (nSPS) is 21.2. The molecule has 0 radical (unpaired) electrons. The highest BCUT2D eigenvalue weighted by molar-refractivity contribution is 7.13. The average molecular weight is 412 g/mol. The Balaban J connectivity index is 1.53. The molecule has 3 heterocycles. The highest BCUT2D eigenvalue weighted by atomic mass is 32.1. The van der Waals surface area contributed by atoms with E-state index < -0.39 is 18.0 Å². The Hall–Kier alpha value is -3.27. The number of amides is 3. The van der Waals surface area contributed by atoms with Gasteiger partial charge in [-0.05, 0) is 25.0 Å². The van der Waals surface area contributed by atoms with Crippen LogP contribution in [0.1, 0.15) is 19.3 Å². The van der Waals surface area contributed by atoms with Crippen LogP contribution in [-0.4, -0.2) is 51.9 Å². The lowest BCUT2D eigenvalue weighted by Gasteiger charge is -2.23. The molecule has 10 heteroatoms. The monoisotopic (exact) mass is 412 g/mol. The van der Waals surface area contributed by atoms with Crippen LogP contribution < -0.4 is 16.1 Å². The fourth-order valence-corrected chi connectivity index (χ4v) is 4.13. The van der Waals surface area contributed by atoms with Gasteiger partial charge in [0.25, 0.3) is 5.91 Å². The average Bonchev–Trinajstić information content (AvgIpc) is 3.47. The van der Waals surface area contributed by atoms with Crippen molar-refractivity contribution in [3.63, 3.8) is 0 Å². The number of nitrogens with one attached hydrogen (secondary N) is 1. The first kappa shape index (κ1) is 19.1. The Bertz CT molecular complexity index is 946. The summed E-state index contributed by atoms with van der Waals surface area (Å²) in [6.07, 6.45) is 3.00. The van der Waals surface area contributed by atoms with Gasteiger partial charge in [0.2, 0.25) is 11.8 Å². The van der Waals surface area contributed by atoms with Crippen molar-refractivity contribution in [3.8, 4) is 0 Å². The van der Waals surface area contributed by atoms with E-state index in [1.807, 2.05) is 18.2 Å². The van der Waals surface area contributed by atoms with E-state index >= 15 is 0 Å². The minimum atomic E-state index is -0.735. The van der Waals surface area contributed by atoms with Crippen molar-refractivity contribution in [2.24, 2.45) is 10.8 Å². The number of aromatic nitrogens is 1. The van der Waals surface area contributed by atoms with Crippen LogP contribution in [0.5, 0.6) is 0 Å². The quantitative estimate of drug-likeness (QED) is 0.764. The van der Waals surface area contributed by atoms with Gasteiger partial charge in [0, 0.05) is 24.5 Å². The topological polar surface area (TPSA) is 121 Å². The van der Waals surface area contributed by atoms with Crippen molar-refractivity contribution < 1.29 is 14.4 Å². The molecule has 3 N–H and O–H groups in total. The van der Waals surface area contributed by atoms with Gasteiger partial charge in [-0.25, -0.2) is 4.98 Å². The van der Waals surface area contributed by atoms with E-state index in [9.17, 15) is 14.4 Å². The van der Waals surface area contributed by atoms with Gasteiger partial charge in [0.15, 0.2) is 5.13 Å². The van der Waals surface area contributed by atoms with Crippen LogP contribution in [-0.2, 0) is 14.4 Å². The van der Waals surface area contributed by atoms with E-state index in [2.05, 4.69) is 15.4 Å². The number of thiazole rings is 1. The first-order valence-corrected chi connectivity index (χ1v) is 10.1. The van der Waals surface area contributed by atoms with Gasteiger partial charge >= 0.3 is 0 Å². The molecule has 3 amide bonds. The van der Waals surface area contributed by atoms with Gasteiger partial charge in [-0.3, -0.25) is 19.4 Å². The summed E-state index contributed by atoms with van der Waals surface area (Å²) >= 11 is 1.32. The Morgan fingerprint density at radius 1 is 1.17 bits per heavy atom. The molecule has 1 saturated heterocycles. The SMILES string of the molecule is NC(=O)[C@@H]1CC(C(=O)N2CCC[C@H]2C(=O)Nc2nccs2)=NN1c1ccccc1. The Morgan fingerprint density at radius 3 is 2.66 bits per heavy atom. The van der Waals surface area contributed by atoms with Crippen molar-refractivity contribution in [1.82, 2.24) is 9.88 Å². The minimum Gasteiger partial charge on any atom is -0.368 e. The van der Waals surface area contributed by atoms with Crippen LogP contribution in [0.3, 0.4) is 0 Å². The number of para-hydroxylation sites is 1. The maximum atomic E-state index is 13.1. The molecule has 2 atom stereocenters. The van der Waals surface area contributed by atoms with Crippen LogP contribution in [0.25, 0.3) is 0 Å². The van der Waals surface area contributed by atoms with Gasteiger partial charge in [0.05, 0.1) is 5.69 Å². The number of likely N-dealkylation sites (tertiary alicyclic amines) is 1. The van der Waals surface area contributed by atoms with Gasteiger partial charge < -0.3 is 16.0 Å². The smallest absolute Gasteiger partial charge is 0.270 e. The van der Waals surface area contributed by atoms with Gasteiger partial charge in [-0.15, -0.1) is 11.3 Å². The van der Waals surface area contributed by atoms with Gasteiger partial charge in [-0.2, -0.15) is 5.10 Å². The van der Waals surface area contributed by atoms with Crippen LogP contribution >= 0.6 is 11.3 Å². The first-order chi connectivity index (χ1) is 14.0. The number of nitrogens with two attached hydrogens (primary N) is 1. The highest BCUT2D eigenvalue weighted by Gasteiger charge is 2.41. The van der Waals surface area contributed by atoms with Crippen LogP contribution in [0.2, 0.25) is 0 Å². The summed E-state index contributed by atoms with van der Waals surface area (Å²) in [6, 6.07) is 7.77. The molecule has 0 spiro atoms. The van der Waals surface area contributed by atoms with E-state index in [1.54, 1.807) is 23.7 Å². The summed E-state index contributed by atoms with van der Waals surface area (Å²) < 4.78 is 0. The molecular formula is C19H20N6O3S. The van der Waals surface area contributed by atoms with Crippen molar-refractivity contribution >= 4 is 45.6 Å². The van der Waals surface area contributed by atoms with Crippen LogP contribution in [0, 0.1) is 0 Å². The van der Waals surface area contributed by atoms with E-state index in [-0.39, 0.29) is 23.9 Å². The van der Waals surface area contributed by atoms with Crippen molar-refractivity contribution in [1.29, 1.82) is 0 Å². The van der Waals surface area contributed by atoms with Crippen LogP contribution in [0.4, 0.5) is 10.8 Å². The molecule has 4 rings (SSSR count). The van der Waals surface area contributed by atoms with Crippen molar-refractivity contribution in [2.45, 2.75) is 31.3 Å². The molecule has 0 saturated carbocycles. The lowest BCUT2D eigenvalue weighted by molar-refractivity contribution is -0.131. The maximum Gasteiger partial charge on any atom is 0.270 e. The third-order valence-corrected chi connectivity index (χ3v) is 5.67. The zero-order valence-corrected chi connectivity index (χ0v) is 16.3. The molecule has 9 nitrogen and oxygen atoms in total. The summed E-state index contributed by atoms with van der Waals surface area (Å²) in [7, 11) is 0. The zero-order chi connectivity index (χ0) is 20.4. The number of nitrogens with zero attached hydrogens (tertiary/aromatic N) is 4. The third-order valence-electron chi connectivity index (χ3n) is 4.99. The molecule has 0 unspecified atom stereocenters. The first-order valence-electron chi connectivity index (χ1n) is 9.27. The second kappa shape index (κ2) is 8.00. The largest absolute Gasteiger partial charge is 0.368 e. The number of carbonyl (C=O) groups excluding carboxylic acids is 3. The molecule has 0 aliphatic carbocycles. The molecule has 2 aliphatic heterocycles. The fourth-order valence-electron chi connectivity index (χ4n) is 3.60. The summed E-state index contributed by atoms with van der Waals surface area (Å²) in [5, 5.41) is 10.9. The molecule has 2 aromatic rings. The number of hydrogen-bond acceptors (Lipinski definition) is 7. The fraction of sp³-hybridized carbons (Fsp3) is 0.316. The second-order valence-corrected chi connectivity index (χ2v) is 7.73. The predicted molar refractivity (Wildman–Crippen MR) is 109 cm³/mol. The number of primary amides is 1. The number of hydrogen-bond donors (Lipinski definition) is 2. The van der Waals surface area contributed by atoms with E-state index in [1.165, 1.54) is 21.2 Å². The minimum absolute atomic E-state index is 0.111. The Morgan fingerprint density at radius 2 is 1.97 bits per heavy atom. The molecule has 2 aliphatic rings. The second-order valence-electron chi connectivity index (χ2n) is 6.83. The molecule has 1 fully saturated rings. The number of hydrazone groups is 1. The Kier molecular flexibility index (Phi) is 5.26. The number of anilines is 2. The molecule has 29 heavy (non-hydrogen) atoms. The Labute approximate surface area is 171 Å². The maximum absolute atomic E-state index is 13.1. The van der Waals surface area contributed by atoms with Crippen LogP contribution in [0.15, 0.2) is 47.0 Å². The number of rotatable bonds is 5. The standard InChI is InChI=1S/C19H20N6O3S/c20-16(26)15-11-13(23-25(15)12-5-2-1-3-6-12)18(28)24-9-4-7-14(24)17(27)22-19-21-8-10-29-19/h1-3,5-6,8,10,14-15H,4,7,9,11H2,(H2,20,26)(H,21,22,27)/t14-,15-/m0/s1. The van der Waals surface area contributed by atoms with E-state index in [0.717, 1.165) is 6.42 Å². The predicted octanol–water partition coefficient (Wildman–Crippen LogP) is 1.19. The molecule has 1 aromatic carbocycles. The van der Waals surface area contributed by atoms with E-state index in [4.69, 9.17) is 5.73 Å². The molecule has 0 bridgehead atoms. The van der Waals surface area contributed by atoms with Gasteiger partial charge in [0.1, 0.15) is 17.8 Å². The van der Waals surface area contributed by atoms with Crippen molar-refractivity contribution in [3.05, 3.63) is 41.9 Å².